The van der Waals surface area contributed by atoms with Gasteiger partial charge >= 0.3 is 0 Å². The van der Waals surface area contributed by atoms with Gasteiger partial charge in [0.15, 0.2) is 0 Å². The average Bonchev–Trinajstić information content (AvgIpc) is 3.00. The van der Waals surface area contributed by atoms with Crippen LogP contribution in [-0.2, 0) is 4.52 Å². The van der Waals surface area contributed by atoms with Crippen molar-refractivity contribution in [3.05, 3.63) is 72.3 Å². The molecule has 1 aliphatic rings. The van der Waals surface area contributed by atoms with Crippen LogP contribution in [-0.4, -0.2) is 6.10 Å². The second-order valence-electron chi connectivity index (χ2n) is 6.44. The van der Waals surface area contributed by atoms with Crippen LogP contribution in [0, 0.1) is 5.92 Å². The lowest BCUT2D eigenvalue weighted by atomic mass is 10.1. The number of benzene rings is 2. The van der Waals surface area contributed by atoms with Crippen molar-refractivity contribution < 1.29 is 4.52 Å². The third kappa shape index (κ3) is 4.31. The SMILES string of the molecule is CC(C)C=C1CCC[C@H]1OP(c1ccccc1)c1ccccc1. The van der Waals surface area contributed by atoms with Gasteiger partial charge in [-0.25, -0.2) is 0 Å². The zero-order valence-corrected chi connectivity index (χ0v) is 14.9. The summed E-state index contributed by atoms with van der Waals surface area (Å²) in [5.41, 5.74) is 1.50. The molecule has 23 heavy (non-hydrogen) atoms. The van der Waals surface area contributed by atoms with E-state index in [9.17, 15) is 0 Å². The van der Waals surface area contributed by atoms with Crippen molar-refractivity contribution in [3.63, 3.8) is 0 Å². The molecule has 1 aliphatic carbocycles. The zero-order chi connectivity index (χ0) is 16.1. The third-order valence-electron chi connectivity index (χ3n) is 4.11. The molecular formula is C21H25OP. The van der Waals surface area contributed by atoms with Gasteiger partial charge in [-0.05, 0) is 30.8 Å². The Labute approximate surface area is 141 Å². The van der Waals surface area contributed by atoms with E-state index in [1.807, 2.05) is 0 Å². The topological polar surface area (TPSA) is 9.23 Å². The molecule has 0 saturated heterocycles. The van der Waals surface area contributed by atoms with Crippen LogP contribution < -0.4 is 10.6 Å². The minimum Gasteiger partial charge on any atom is -0.342 e. The second kappa shape index (κ2) is 7.90. The van der Waals surface area contributed by atoms with E-state index < -0.39 is 8.15 Å². The molecule has 3 rings (SSSR count). The summed E-state index contributed by atoms with van der Waals surface area (Å²) in [5, 5.41) is 2.59. The molecule has 1 nitrogen and oxygen atoms in total. The van der Waals surface area contributed by atoms with E-state index in [2.05, 4.69) is 80.6 Å². The fourth-order valence-electron chi connectivity index (χ4n) is 3.10. The molecule has 1 atom stereocenters. The van der Waals surface area contributed by atoms with Gasteiger partial charge in [0.05, 0.1) is 14.3 Å². The highest BCUT2D eigenvalue weighted by Crippen LogP contribution is 2.42. The van der Waals surface area contributed by atoms with Crippen molar-refractivity contribution in [2.24, 2.45) is 5.92 Å². The van der Waals surface area contributed by atoms with E-state index in [1.54, 1.807) is 0 Å². The Morgan fingerprint density at radius 3 is 2.04 bits per heavy atom. The van der Waals surface area contributed by atoms with E-state index >= 15 is 0 Å². The maximum absolute atomic E-state index is 6.69. The number of hydrogen-bond acceptors (Lipinski definition) is 1. The minimum atomic E-state index is -0.754. The lowest BCUT2D eigenvalue weighted by Gasteiger charge is -2.24. The Morgan fingerprint density at radius 1 is 0.957 bits per heavy atom. The summed E-state index contributed by atoms with van der Waals surface area (Å²) in [7, 11) is -0.754. The van der Waals surface area contributed by atoms with Gasteiger partial charge in [-0.1, -0.05) is 80.6 Å². The van der Waals surface area contributed by atoms with Gasteiger partial charge in [0, 0.05) is 10.6 Å². The number of allylic oxidation sites excluding steroid dienone is 1. The Hall–Kier alpha value is -1.43. The molecule has 0 heterocycles. The van der Waals surface area contributed by atoms with Crippen LogP contribution in [0.15, 0.2) is 72.3 Å². The zero-order valence-electron chi connectivity index (χ0n) is 14.0. The molecule has 2 aromatic carbocycles. The highest BCUT2D eigenvalue weighted by molar-refractivity contribution is 7.68. The summed E-state index contributed by atoms with van der Waals surface area (Å²) in [4.78, 5) is 0. The lowest BCUT2D eigenvalue weighted by molar-refractivity contribution is 0.278. The lowest BCUT2D eigenvalue weighted by Crippen LogP contribution is -2.19. The van der Waals surface area contributed by atoms with Crippen LogP contribution in [0.5, 0.6) is 0 Å². The molecule has 0 N–H and O–H groups in total. The largest absolute Gasteiger partial charge is 0.342 e. The van der Waals surface area contributed by atoms with Gasteiger partial charge in [0.2, 0.25) is 0 Å². The van der Waals surface area contributed by atoms with Crippen LogP contribution in [0.2, 0.25) is 0 Å². The molecule has 2 heteroatoms. The maximum Gasteiger partial charge on any atom is 0.0926 e. The van der Waals surface area contributed by atoms with E-state index in [0.29, 0.717) is 5.92 Å². The van der Waals surface area contributed by atoms with Crippen LogP contribution in [0.25, 0.3) is 0 Å². The van der Waals surface area contributed by atoms with Crippen LogP contribution in [0.1, 0.15) is 33.1 Å². The summed E-state index contributed by atoms with van der Waals surface area (Å²) in [6.07, 6.45) is 6.27. The van der Waals surface area contributed by atoms with Gasteiger partial charge in [-0.3, -0.25) is 0 Å². The second-order valence-corrected chi connectivity index (χ2v) is 8.27. The molecule has 120 valence electrons. The molecule has 0 unspecified atom stereocenters. The fourth-order valence-corrected chi connectivity index (χ4v) is 5.02. The van der Waals surface area contributed by atoms with E-state index in [0.717, 1.165) is 6.42 Å². The number of hydrogen-bond donors (Lipinski definition) is 0. The molecule has 0 amide bonds. The van der Waals surface area contributed by atoms with Crippen molar-refractivity contribution in [3.8, 4) is 0 Å². The normalized spacial score (nSPS) is 19.8. The Balaban J connectivity index is 1.88. The first-order chi connectivity index (χ1) is 11.2. The Morgan fingerprint density at radius 2 is 1.52 bits per heavy atom. The van der Waals surface area contributed by atoms with Gasteiger partial charge in [-0.15, -0.1) is 0 Å². The van der Waals surface area contributed by atoms with Crippen LogP contribution in [0.3, 0.4) is 0 Å². The smallest absolute Gasteiger partial charge is 0.0926 e. The highest BCUT2D eigenvalue weighted by atomic mass is 31.1. The molecule has 0 aromatic heterocycles. The van der Waals surface area contributed by atoms with Crippen LogP contribution in [0.4, 0.5) is 0 Å². The maximum atomic E-state index is 6.69. The predicted molar refractivity (Wildman–Crippen MR) is 101 cm³/mol. The Kier molecular flexibility index (Phi) is 5.65. The monoisotopic (exact) mass is 324 g/mol. The Bertz CT molecular complexity index is 594. The van der Waals surface area contributed by atoms with Crippen molar-refractivity contribution in [1.82, 2.24) is 0 Å². The average molecular weight is 324 g/mol. The van der Waals surface area contributed by atoms with Crippen LogP contribution >= 0.6 is 8.15 Å². The first kappa shape index (κ1) is 16.4. The molecule has 0 spiro atoms. The minimum absolute atomic E-state index is 0.281. The first-order valence-corrected chi connectivity index (χ1v) is 9.77. The van der Waals surface area contributed by atoms with Crippen molar-refractivity contribution in [2.45, 2.75) is 39.2 Å². The highest BCUT2D eigenvalue weighted by Gasteiger charge is 2.27. The number of rotatable bonds is 5. The van der Waals surface area contributed by atoms with E-state index in [1.165, 1.54) is 29.0 Å². The van der Waals surface area contributed by atoms with Crippen molar-refractivity contribution in [1.29, 1.82) is 0 Å². The first-order valence-electron chi connectivity index (χ1n) is 8.51. The molecule has 0 aliphatic heterocycles. The summed E-state index contributed by atoms with van der Waals surface area (Å²) in [5.74, 6) is 0.592. The predicted octanol–water partition coefficient (Wildman–Crippen LogP) is 5.19. The molecule has 0 radical (unpaired) electrons. The third-order valence-corrected chi connectivity index (χ3v) is 6.11. The fraction of sp³-hybridized carbons (Fsp3) is 0.333. The molecule has 1 saturated carbocycles. The van der Waals surface area contributed by atoms with Gasteiger partial charge in [0.1, 0.15) is 0 Å². The van der Waals surface area contributed by atoms with Gasteiger partial charge in [-0.2, -0.15) is 0 Å². The van der Waals surface area contributed by atoms with Crippen molar-refractivity contribution in [2.75, 3.05) is 0 Å². The standard InChI is InChI=1S/C21H25OP/c1-17(2)16-18-10-9-15-21(18)22-23(19-11-5-3-6-12-19)20-13-7-4-8-14-20/h3-8,11-14,16-17,21H,9-10,15H2,1-2H3/t21-/m1/s1. The summed E-state index contributed by atoms with van der Waals surface area (Å²) >= 11 is 0. The quantitative estimate of drug-likeness (QED) is 0.543. The summed E-state index contributed by atoms with van der Waals surface area (Å²) < 4.78 is 6.69. The molecular weight excluding hydrogens is 299 g/mol. The van der Waals surface area contributed by atoms with Gasteiger partial charge < -0.3 is 4.52 Å². The van der Waals surface area contributed by atoms with E-state index in [4.69, 9.17) is 4.52 Å². The van der Waals surface area contributed by atoms with Gasteiger partial charge in [0.25, 0.3) is 0 Å². The summed E-state index contributed by atoms with van der Waals surface area (Å²) in [6.45, 7) is 4.50. The molecule has 1 fully saturated rings. The molecule has 0 bridgehead atoms. The molecule has 2 aromatic rings. The summed E-state index contributed by atoms with van der Waals surface area (Å²) in [6, 6.07) is 21.3. The van der Waals surface area contributed by atoms with E-state index in [-0.39, 0.29) is 6.10 Å². The van der Waals surface area contributed by atoms with Crippen molar-refractivity contribution >= 4 is 18.8 Å².